The van der Waals surface area contributed by atoms with E-state index < -0.39 is 17.9 Å². The Bertz CT molecular complexity index is 594. The number of carbonyl (C=O) groups is 2. The number of carboxylic acid groups (broad SMARTS) is 1. The van der Waals surface area contributed by atoms with E-state index in [0.717, 1.165) is 17.7 Å². The van der Waals surface area contributed by atoms with Crippen molar-refractivity contribution in [1.29, 1.82) is 0 Å². The average Bonchev–Trinajstić information content (AvgIpc) is 2.64. The Hall–Kier alpha value is -2.30. The fraction of sp³-hybridized carbons (Fsp3) is 0.545. The molecule has 0 spiro atoms. The van der Waals surface area contributed by atoms with Gasteiger partial charge in [0.2, 0.25) is 0 Å². The minimum absolute atomic E-state index is 0.179. The van der Waals surface area contributed by atoms with Crippen molar-refractivity contribution >= 4 is 18.0 Å². The molecule has 0 amide bonds. The fourth-order valence-corrected chi connectivity index (χ4v) is 2.68. The largest absolute Gasteiger partial charge is 0.494 e. The second-order valence-electron chi connectivity index (χ2n) is 6.46. The van der Waals surface area contributed by atoms with Crippen LogP contribution in [-0.2, 0) is 14.3 Å². The van der Waals surface area contributed by atoms with Crippen LogP contribution in [0.4, 0.5) is 0 Å². The van der Waals surface area contributed by atoms with E-state index in [-0.39, 0.29) is 13.0 Å². The number of hydrogen-bond donors (Lipinski definition) is 1. The van der Waals surface area contributed by atoms with E-state index in [9.17, 15) is 9.59 Å². The summed E-state index contributed by atoms with van der Waals surface area (Å²) in [4.78, 5) is 22.8. The van der Waals surface area contributed by atoms with Gasteiger partial charge in [-0.15, -0.1) is 0 Å². The topological polar surface area (TPSA) is 72.8 Å². The summed E-state index contributed by atoms with van der Waals surface area (Å²) < 4.78 is 10.5. The maximum Gasteiger partial charge on any atom is 0.320 e. The lowest BCUT2D eigenvalue weighted by Gasteiger charge is -2.11. The van der Waals surface area contributed by atoms with Gasteiger partial charge in [0.15, 0.2) is 5.92 Å². The van der Waals surface area contributed by atoms with Gasteiger partial charge in [-0.2, -0.15) is 0 Å². The molecular weight excluding hydrogens is 344 g/mol. The van der Waals surface area contributed by atoms with E-state index in [4.69, 9.17) is 14.6 Å². The second-order valence-corrected chi connectivity index (χ2v) is 6.46. The minimum atomic E-state index is -1.15. The molecule has 5 heteroatoms. The number of rotatable bonds is 14. The van der Waals surface area contributed by atoms with Gasteiger partial charge in [-0.3, -0.25) is 9.59 Å². The van der Waals surface area contributed by atoms with Crippen molar-refractivity contribution in [2.24, 2.45) is 5.92 Å². The van der Waals surface area contributed by atoms with Crippen LogP contribution in [0.2, 0.25) is 0 Å². The fourth-order valence-electron chi connectivity index (χ4n) is 2.68. The standard InChI is InChI=1S/C22H32O5/c1-3-5-6-7-8-9-12-18-13-10-14-19(17-18)27-16-11-15-20(21(23)24)22(25)26-4-2/h9-10,12-14,17,20H,3-8,11,15-16H2,1-2H3,(H,23,24). The summed E-state index contributed by atoms with van der Waals surface area (Å²) in [6.45, 7) is 4.40. The first-order valence-corrected chi connectivity index (χ1v) is 9.87. The maximum absolute atomic E-state index is 11.6. The van der Waals surface area contributed by atoms with E-state index in [1.54, 1.807) is 6.92 Å². The summed E-state index contributed by atoms with van der Waals surface area (Å²) >= 11 is 0. The van der Waals surface area contributed by atoms with Crippen molar-refractivity contribution in [3.05, 3.63) is 35.9 Å². The summed E-state index contributed by atoms with van der Waals surface area (Å²) in [6, 6.07) is 7.79. The highest BCUT2D eigenvalue weighted by Crippen LogP contribution is 2.17. The predicted molar refractivity (Wildman–Crippen MR) is 107 cm³/mol. The van der Waals surface area contributed by atoms with Gasteiger partial charge >= 0.3 is 11.9 Å². The number of benzene rings is 1. The molecule has 0 aliphatic heterocycles. The lowest BCUT2D eigenvalue weighted by molar-refractivity contribution is -0.158. The third kappa shape index (κ3) is 9.83. The molecule has 5 nitrogen and oxygen atoms in total. The van der Waals surface area contributed by atoms with Gasteiger partial charge in [-0.25, -0.2) is 0 Å². The molecular formula is C22H32O5. The average molecular weight is 376 g/mol. The number of allylic oxidation sites excluding steroid dienone is 1. The third-order valence-corrected chi connectivity index (χ3v) is 4.17. The number of esters is 1. The third-order valence-electron chi connectivity index (χ3n) is 4.17. The van der Waals surface area contributed by atoms with Crippen LogP contribution >= 0.6 is 0 Å². The molecule has 0 saturated carbocycles. The van der Waals surface area contributed by atoms with Gasteiger partial charge in [0.25, 0.3) is 0 Å². The van der Waals surface area contributed by atoms with Crippen molar-refractivity contribution < 1.29 is 24.2 Å². The Balaban J connectivity index is 2.39. The van der Waals surface area contributed by atoms with Gasteiger partial charge in [-0.1, -0.05) is 50.5 Å². The second kappa shape index (κ2) is 13.8. The highest BCUT2D eigenvalue weighted by molar-refractivity contribution is 5.93. The van der Waals surface area contributed by atoms with E-state index >= 15 is 0 Å². The Morgan fingerprint density at radius 1 is 1.15 bits per heavy atom. The van der Waals surface area contributed by atoms with E-state index in [2.05, 4.69) is 19.1 Å². The van der Waals surface area contributed by atoms with Crippen LogP contribution in [0.1, 0.15) is 64.4 Å². The van der Waals surface area contributed by atoms with Gasteiger partial charge in [-0.05, 0) is 50.3 Å². The number of unbranched alkanes of at least 4 members (excludes halogenated alkanes) is 4. The van der Waals surface area contributed by atoms with Crippen LogP contribution in [0.3, 0.4) is 0 Å². The first-order chi connectivity index (χ1) is 13.1. The number of ether oxygens (including phenoxy) is 2. The van der Waals surface area contributed by atoms with Crippen LogP contribution < -0.4 is 4.74 Å². The SMILES string of the molecule is CCCCCCC=Cc1cccc(OCCCC(C(=O)O)C(=O)OCC)c1. The summed E-state index contributed by atoms with van der Waals surface area (Å²) in [7, 11) is 0. The molecule has 1 aromatic rings. The zero-order chi connectivity index (χ0) is 19.9. The summed E-state index contributed by atoms with van der Waals surface area (Å²) in [6.07, 6.45) is 11.0. The van der Waals surface area contributed by atoms with E-state index in [1.165, 1.54) is 25.7 Å². The molecule has 0 aromatic heterocycles. The zero-order valence-corrected chi connectivity index (χ0v) is 16.5. The molecule has 0 aliphatic carbocycles. The maximum atomic E-state index is 11.6. The number of carboxylic acids is 1. The van der Waals surface area contributed by atoms with Crippen LogP contribution in [0, 0.1) is 5.92 Å². The molecule has 1 atom stereocenters. The normalized spacial score (nSPS) is 12.1. The quantitative estimate of drug-likeness (QED) is 0.278. The van der Waals surface area contributed by atoms with Crippen LogP contribution in [0.25, 0.3) is 6.08 Å². The molecule has 0 saturated heterocycles. The van der Waals surface area contributed by atoms with Gasteiger partial charge in [0, 0.05) is 0 Å². The molecule has 0 aliphatic rings. The molecule has 1 aromatic carbocycles. The first-order valence-electron chi connectivity index (χ1n) is 9.87. The molecule has 1 rings (SSSR count). The molecule has 1 N–H and O–H groups in total. The molecule has 27 heavy (non-hydrogen) atoms. The number of hydrogen-bond acceptors (Lipinski definition) is 4. The predicted octanol–water partition coefficient (Wildman–Crippen LogP) is 5.09. The van der Waals surface area contributed by atoms with Crippen molar-refractivity contribution in [3.63, 3.8) is 0 Å². The Labute approximate surface area is 162 Å². The lowest BCUT2D eigenvalue weighted by Crippen LogP contribution is -2.26. The van der Waals surface area contributed by atoms with Crippen molar-refractivity contribution in [2.45, 2.75) is 58.8 Å². The first kappa shape index (κ1) is 22.7. The van der Waals surface area contributed by atoms with Gasteiger partial charge < -0.3 is 14.6 Å². The minimum Gasteiger partial charge on any atom is -0.494 e. The summed E-state index contributed by atoms with van der Waals surface area (Å²) in [5, 5.41) is 9.12. The van der Waals surface area contributed by atoms with Crippen LogP contribution in [-0.4, -0.2) is 30.3 Å². The zero-order valence-electron chi connectivity index (χ0n) is 16.5. The molecule has 0 fully saturated rings. The molecule has 0 radical (unpaired) electrons. The van der Waals surface area contributed by atoms with Crippen molar-refractivity contribution in [1.82, 2.24) is 0 Å². The van der Waals surface area contributed by atoms with Gasteiger partial charge in [0.05, 0.1) is 13.2 Å². The summed E-state index contributed by atoms with van der Waals surface area (Å²) in [5.41, 5.74) is 1.08. The van der Waals surface area contributed by atoms with E-state index in [0.29, 0.717) is 13.0 Å². The molecule has 1 unspecified atom stereocenters. The monoisotopic (exact) mass is 376 g/mol. The molecule has 0 bridgehead atoms. The number of aliphatic carboxylic acids is 1. The van der Waals surface area contributed by atoms with Crippen molar-refractivity contribution in [3.8, 4) is 5.75 Å². The van der Waals surface area contributed by atoms with Crippen molar-refractivity contribution in [2.75, 3.05) is 13.2 Å². The van der Waals surface area contributed by atoms with Crippen LogP contribution in [0.5, 0.6) is 5.75 Å². The smallest absolute Gasteiger partial charge is 0.320 e. The van der Waals surface area contributed by atoms with E-state index in [1.807, 2.05) is 24.3 Å². The lowest BCUT2D eigenvalue weighted by atomic mass is 10.0. The summed E-state index contributed by atoms with van der Waals surface area (Å²) in [5.74, 6) is -2.22. The Kier molecular flexibility index (Phi) is 11.7. The highest BCUT2D eigenvalue weighted by atomic mass is 16.5. The molecule has 0 heterocycles. The van der Waals surface area contributed by atoms with Gasteiger partial charge in [0.1, 0.15) is 5.75 Å². The molecule has 150 valence electrons. The Morgan fingerprint density at radius 3 is 2.67 bits per heavy atom. The number of carbonyl (C=O) groups excluding carboxylic acids is 1. The Morgan fingerprint density at radius 2 is 1.96 bits per heavy atom. The highest BCUT2D eigenvalue weighted by Gasteiger charge is 2.26. The van der Waals surface area contributed by atoms with Crippen LogP contribution in [0.15, 0.2) is 30.3 Å².